The van der Waals surface area contributed by atoms with Gasteiger partial charge in [-0.1, -0.05) is 28.7 Å². The molecule has 0 fully saturated rings. The largest absolute Gasteiger partial charge is 0.504 e. The van der Waals surface area contributed by atoms with Crippen molar-refractivity contribution in [3.8, 4) is 11.5 Å². The van der Waals surface area contributed by atoms with Gasteiger partial charge in [-0.3, -0.25) is 4.79 Å². The zero-order valence-electron chi connectivity index (χ0n) is 7.33. The minimum absolute atomic E-state index is 0.0925. The van der Waals surface area contributed by atoms with Crippen molar-refractivity contribution in [2.45, 2.75) is 0 Å². The molecule has 0 unspecified atom stereocenters. The van der Waals surface area contributed by atoms with Crippen LogP contribution >= 0.6 is 22.6 Å². The molecule has 0 aliphatic heterocycles. The number of hydrogen-bond donors (Lipinski definition) is 3. The summed E-state index contributed by atoms with van der Waals surface area (Å²) in [6.07, 6.45) is 0. The molecular formula is C9H10INO3. The Morgan fingerprint density at radius 2 is 2.14 bits per heavy atom. The molecule has 0 saturated carbocycles. The van der Waals surface area contributed by atoms with Crippen molar-refractivity contribution < 1.29 is 15.0 Å². The number of halogens is 1. The highest BCUT2D eigenvalue weighted by Crippen LogP contribution is 2.27. The highest BCUT2D eigenvalue weighted by molar-refractivity contribution is 14.1. The molecule has 0 aliphatic carbocycles. The van der Waals surface area contributed by atoms with Crippen LogP contribution in [0.15, 0.2) is 18.2 Å². The first kappa shape index (κ1) is 11.1. The number of carbonyl (C=O) groups excluding carboxylic acids is 1. The van der Waals surface area contributed by atoms with Crippen LogP contribution in [0.5, 0.6) is 11.5 Å². The smallest absolute Gasteiger partial charge is 0.255 e. The number of phenols is 2. The van der Waals surface area contributed by atoms with Crippen molar-refractivity contribution in [3.05, 3.63) is 23.8 Å². The number of rotatable bonds is 3. The minimum atomic E-state index is -0.380. The molecule has 1 rings (SSSR count). The van der Waals surface area contributed by atoms with Crippen LogP contribution in [-0.4, -0.2) is 27.1 Å². The molecule has 0 bridgehead atoms. The van der Waals surface area contributed by atoms with Gasteiger partial charge in [0, 0.05) is 11.0 Å². The number of alkyl halides is 1. The van der Waals surface area contributed by atoms with Gasteiger partial charge in [-0.25, -0.2) is 0 Å². The van der Waals surface area contributed by atoms with Crippen molar-refractivity contribution in [3.63, 3.8) is 0 Å². The van der Waals surface area contributed by atoms with E-state index in [-0.39, 0.29) is 23.0 Å². The van der Waals surface area contributed by atoms with Crippen LogP contribution in [0.25, 0.3) is 0 Å². The van der Waals surface area contributed by atoms with Gasteiger partial charge in [0.2, 0.25) is 0 Å². The van der Waals surface area contributed by atoms with Crippen LogP contribution in [0.1, 0.15) is 10.4 Å². The fourth-order valence-corrected chi connectivity index (χ4v) is 1.24. The second kappa shape index (κ2) is 5.04. The molecule has 0 spiro atoms. The summed E-state index contributed by atoms with van der Waals surface area (Å²) in [5.74, 6) is -1.04. The lowest BCUT2D eigenvalue weighted by atomic mass is 10.2. The summed E-state index contributed by atoms with van der Waals surface area (Å²) in [6, 6.07) is 4.29. The number of para-hydroxylation sites is 1. The molecule has 76 valence electrons. The molecule has 0 heterocycles. The highest BCUT2D eigenvalue weighted by atomic mass is 127. The maximum Gasteiger partial charge on any atom is 0.255 e. The van der Waals surface area contributed by atoms with Gasteiger partial charge in [-0.15, -0.1) is 0 Å². The van der Waals surface area contributed by atoms with E-state index in [2.05, 4.69) is 27.9 Å². The van der Waals surface area contributed by atoms with Gasteiger partial charge in [0.25, 0.3) is 5.91 Å². The van der Waals surface area contributed by atoms with Crippen LogP contribution in [0.3, 0.4) is 0 Å². The van der Waals surface area contributed by atoms with Gasteiger partial charge < -0.3 is 15.5 Å². The number of nitrogens with one attached hydrogen (secondary N) is 1. The molecule has 14 heavy (non-hydrogen) atoms. The lowest BCUT2D eigenvalue weighted by molar-refractivity contribution is 0.0953. The molecule has 0 radical (unpaired) electrons. The highest BCUT2D eigenvalue weighted by Gasteiger charge is 2.12. The zero-order chi connectivity index (χ0) is 10.6. The van der Waals surface area contributed by atoms with Crippen molar-refractivity contribution >= 4 is 28.5 Å². The Morgan fingerprint density at radius 1 is 1.43 bits per heavy atom. The van der Waals surface area contributed by atoms with E-state index in [1.54, 1.807) is 0 Å². The van der Waals surface area contributed by atoms with Crippen LogP contribution in [0.4, 0.5) is 0 Å². The Hall–Kier alpha value is -0.980. The number of aromatic hydroxyl groups is 2. The van der Waals surface area contributed by atoms with Crippen molar-refractivity contribution in [2.75, 3.05) is 11.0 Å². The normalized spacial score (nSPS) is 9.79. The fraction of sp³-hybridized carbons (Fsp3) is 0.222. The van der Waals surface area contributed by atoms with Gasteiger partial charge in [0.05, 0.1) is 5.56 Å². The zero-order valence-corrected chi connectivity index (χ0v) is 9.48. The molecule has 0 saturated heterocycles. The quantitative estimate of drug-likeness (QED) is 0.447. The molecule has 0 aliphatic rings. The van der Waals surface area contributed by atoms with Gasteiger partial charge in [0.1, 0.15) is 0 Å². The monoisotopic (exact) mass is 307 g/mol. The number of benzene rings is 1. The van der Waals surface area contributed by atoms with E-state index in [1.165, 1.54) is 18.2 Å². The van der Waals surface area contributed by atoms with Crippen LogP contribution in [0, 0.1) is 0 Å². The average Bonchev–Trinajstić information content (AvgIpc) is 2.18. The Kier molecular flexibility index (Phi) is 3.99. The van der Waals surface area contributed by atoms with E-state index >= 15 is 0 Å². The fourth-order valence-electron chi connectivity index (χ4n) is 0.971. The number of hydrogen-bond acceptors (Lipinski definition) is 3. The van der Waals surface area contributed by atoms with E-state index in [1.807, 2.05) is 0 Å². The van der Waals surface area contributed by atoms with E-state index in [0.717, 1.165) is 4.43 Å². The third-order valence-electron chi connectivity index (χ3n) is 1.64. The maximum absolute atomic E-state index is 11.4. The summed E-state index contributed by atoms with van der Waals surface area (Å²) in [7, 11) is 0. The van der Waals surface area contributed by atoms with Crippen LogP contribution in [0.2, 0.25) is 0 Å². The molecule has 0 atom stereocenters. The lowest BCUT2D eigenvalue weighted by Gasteiger charge is -2.05. The Morgan fingerprint density at radius 3 is 2.79 bits per heavy atom. The third kappa shape index (κ3) is 2.50. The molecule has 1 amide bonds. The summed E-state index contributed by atoms with van der Waals surface area (Å²) < 4.78 is 0.795. The first-order valence-electron chi connectivity index (χ1n) is 4.02. The van der Waals surface area contributed by atoms with E-state index < -0.39 is 0 Å². The van der Waals surface area contributed by atoms with Crippen molar-refractivity contribution in [1.29, 1.82) is 0 Å². The Bertz CT molecular complexity index is 341. The van der Waals surface area contributed by atoms with Gasteiger partial charge >= 0.3 is 0 Å². The van der Waals surface area contributed by atoms with Crippen LogP contribution < -0.4 is 5.32 Å². The van der Waals surface area contributed by atoms with E-state index in [0.29, 0.717) is 6.54 Å². The summed E-state index contributed by atoms with van der Waals surface area (Å²) >= 11 is 2.13. The average molecular weight is 307 g/mol. The summed E-state index contributed by atoms with van der Waals surface area (Å²) in [5, 5.41) is 21.1. The number of carbonyl (C=O) groups is 1. The summed E-state index contributed by atoms with van der Waals surface area (Å²) in [5.41, 5.74) is 0.0925. The Balaban J connectivity index is 2.84. The molecule has 3 N–H and O–H groups in total. The SMILES string of the molecule is O=C(NCCI)c1cccc(O)c1O. The minimum Gasteiger partial charge on any atom is -0.504 e. The third-order valence-corrected chi connectivity index (χ3v) is 2.18. The standard InChI is InChI=1S/C9H10INO3/c10-4-5-11-9(14)6-2-1-3-7(12)8(6)13/h1-3,12-13H,4-5H2,(H,11,14). The first-order chi connectivity index (χ1) is 6.66. The molecule has 1 aromatic carbocycles. The maximum atomic E-state index is 11.4. The van der Waals surface area contributed by atoms with Gasteiger partial charge in [0.15, 0.2) is 11.5 Å². The van der Waals surface area contributed by atoms with Crippen LogP contribution in [-0.2, 0) is 0 Å². The topological polar surface area (TPSA) is 69.6 Å². The van der Waals surface area contributed by atoms with Crippen molar-refractivity contribution in [2.24, 2.45) is 0 Å². The summed E-state index contributed by atoms with van der Waals surface area (Å²) in [4.78, 5) is 11.4. The first-order valence-corrected chi connectivity index (χ1v) is 5.54. The van der Waals surface area contributed by atoms with E-state index in [4.69, 9.17) is 5.11 Å². The Labute approximate surface area is 95.1 Å². The summed E-state index contributed by atoms with van der Waals surface area (Å²) in [6.45, 7) is 0.536. The molecule has 5 heteroatoms. The van der Waals surface area contributed by atoms with Gasteiger partial charge in [-0.05, 0) is 12.1 Å². The number of phenolic OH excluding ortho intramolecular Hbond substituents is 2. The predicted octanol–water partition coefficient (Wildman–Crippen LogP) is 1.26. The van der Waals surface area contributed by atoms with E-state index in [9.17, 15) is 9.90 Å². The molecular weight excluding hydrogens is 297 g/mol. The predicted molar refractivity (Wildman–Crippen MR) is 61.0 cm³/mol. The molecule has 1 aromatic rings. The second-order valence-electron chi connectivity index (χ2n) is 2.62. The number of amides is 1. The molecule has 4 nitrogen and oxygen atoms in total. The van der Waals surface area contributed by atoms with Gasteiger partial charge in [-0.2, -0.15) is 0 Å². The second-order valence-corrected chi connectivity index (χ2v) is 3.70. The van der Waals surface area contributed by atoms with Crippen molar-refractivity contribution in [1.82, 2.24) is 5.32 Å². The molecule has 0 aromatic heterocycles. The lowest BCUT2D eigenvalue weighted by Crippen LogP contribution is -2.25.